The maximum atomic E-state index is 13.9. The van der Waals surface area contributed by atoms with Crippen LogP contribution >= 0.6 is 0 Å². The Labute approximate surface area is 169 Å². The largest absolute Gasteiger partial charge is 0.379 e. The third-order valence-electron chi connectivity index (χ3n) is 6.15. The van der Waals surface area contributed by atoms with E-state index in [1.165, 1.54) is 0 Å². The summed E-state index contributed by atoms with van der Waals surface area (Å²) >= 11 is 0. The van der Waals surface area contributed by atoms with Gasteiger partial charge in [0.05, 0.1) is 13.2 Å². The van der Waals surface area contributed by atoms with E-state index in [1.54, 1.807) is 0 Å². The summed E-state index contributed by atoms with van der Waals surface area (Å²) in [5, 5.41) is 0. The van der Waals surface area contributed by atoms with Crippen molar-refractivity contribution >= 4 is 5.91 Å². The summed E-state index contributed by atoms with van der Waals surface area (Å²) in [6.07, 6.45) is 0.638. The number of hydrogen-bond donors (Lipinski definition) is 0. The molecule has 0 radical (unpaired) electrons. The summed E-state index contributed by atoms with van der Waals surface area (Å²) in [6.45, 7) is 7.16. The van der Waals surface area contributed by atoms with Gasteiger partial charge in [0, 0.05) is 33.4 Å². The summed E-state index contributed by atoms with van der Waals surface area (Å²) in [5.74, 6) is -0.893. The van der Waals surface area contributed by atoms with E-state index < -0.39 is 11.3 Å². The Morgan fingerprint density at radius 3 is 2.14 bits per heavy atom. The van der Waals surface area contributed by atoms with Crippen LogP contribution in [0.15, 0.2) is 60.7 Å². The Hall–Kier alpha value is -2.17. The highest BCUT2D eigenvalue weighted by atomic mass is 16.5. The lowest BCUT2D eigenvalue weighted by atomic mass is 9.66. The zero-order valence-corrected chi connectivity index (χ0v) is 16.6. The lowest BCUT2D eigenvalue weighted by Crippen LogP contribution is -2.43. The molecule has 2 aromatic rings. The highest BCUT2D eigenvalue weighted by Gasteiger charge is 2.55. The smallest absolute Gasteiger partial charge is 0.238 e. The Morgan fingerprint density at radius 1 is 1.04 bits per heavy atom. The van der Waals surface area contributed by atoms with E-state index in [0.29, 0.717) is 19.5 Å². The van der Waals surface area contributed by atoms with Gasteiger partial charge in [-0.1, -0.05) is 60.7 Å². The van der Waals surface area contributed by atoms with Gasteiger partial charge < -0.3 is 9.64 Å². The van der Waals surface area contributed by atoms with E-state index in [1.807, 2.05) is 72.5 Å². The molecule has 4 heteroatoms. The molecule has 4 nitrogen and oxygen atoms in total. The maximum Gasteiger partial charge on any atom is 0.238 e. The second-order valence-electron chi connectivity index (χ2n) is 7.61. The van der Waals surface area contributed by atoms with Gasteiger partial charge in [-0.05, 0) is 31.0 Å². The van der Waals surface area contributed by atoms with Crippen molar-refractivity contribution in [2.75, 3.05) is 45.9 Å². The van der Waals surface area contributed by atoms with Gasteiger partial charge in [-0.3, -0.25) is 9.69 Å². The second kappa shape index (κ2) is 8.46. The van der Waals surface area contributed by atoms with Crippen LogP contribution in [0.25, 0.3) is 0 Å². The molecular formula is C24H30N2O2. The summed E-state index contributed by atoms with van der Waals surface area (Å²) in [4.78, 5) is 18.1. The minimum Gasteiger partial charge on any atom is -0.379 e. The SMILES string of the molecule is [2H][C@]1(CCN2CCOCC2)CN(CC)C(=O)C1(c1ccccc1)c1ccccc1. The number of hydrogen-bond acceptors (Lipinski definition) is 3. The molecule has 0 unspecified atom stereocenters. The normalized spacial score (nSPS) is 25.7. The quantitative estimate of drug-likeness (QED) is 0.773. The first-order valence-corrected chi connectivity index (χ1v) is 10.3. The summed E-state index contributed by atoms with van der Waals surface area (Å²) in [6, 6.07) is 19.9. The standard InChI is InChI=1S/C24H30N2O2/c1-2-26-19-22(13-14-25-15-17-28-18-16-25)24(23(26)27,20-9-5-3-6-10-20)21-11-7-4-8-12-21/h3-12,22H,2,13-19H2,1H3/t22-/m0/s1/i22D. The van der Waals surface area contributed by atoms with Crippen molar-refractivity contribution in [3.63, 3.8) is 0 Å². The molecule has 28 heavy (non-hydrogen) atoms. The molecule has 0 N–H and O–H groups in total. The topological polar surface area (TPSA) is 32.8 Å². The first-order valence-electron chi connectivity index (χ1n) is 10.8. The van der Waals surface area contributed by atoms with E-state index in [4.69, 9.17) is 4.74 Å². The van der Waals surface area contributed by atoms with Crippen molar-refractivity contribution in [1.29, 1.82) is 0 Å². The van der Waals surface area contributed by atoms with Crippen molar-refractivity contribution < 1.29 is 10.9 Å². The molecule has 148 valence electrons. The predicted molar refractivity (Wildman–Crippen MR) is 111 cm³/mol. The van der Waals surface area contributed by atoms with Crippen molar-refractivity contribution in [2.45, 2.75) is 18.8 Å². The van der Waals surface area contributed by atoms with Crippen molar-refractivity contribution in [3.05, 3.63) is 71.8 Å². The first kappa shape index (κ1) is 17.9. The van der Waals surface area contributed by atoms with Crippen LogP contribution in [-0.2, 0) is 14.9 Å². The lowest BCUT2D eigenvalue weighted by molar-refractivity contribution is -0.131. The van der Waals surface area contributed by atoms with Gasteiger partial charge in [-0.2, -0.15) is 0 Å². The second-order valence-corrected chi connectivity index (χ2v) is 7.61. The van der Waals surface area contributed by atoms with Gasteiger partial charge in [-0.15, -0.1) is 0 Å². The molecule has 2 fully saturated rings. The number of ether oxygens (including phenoxy) is 1. The molecule has 1 atom stereocenters. The molecule has 2 saturated heterocycles. The maximum absolute atomic E-state index is 13.9. The Kier molecular flexibility index (Phi) is 5.41. The molecule has 4 rings (SSSR count). The zero-order chi connectivity index (χ0) is 20.3. The summed E-state index contributed by atoms with van der Waals surface area (Å²) in [5.41, 5.74) is 0.853. The van der Waals surface area contributed by atoms with Crippen LogP contribution in [0.3, 0.4) is 0 Å². The molecule has 0 bridgehead atoms. The molecule has 2 aliphatic rings. The zero-order valence-electron chi connectivity index (χ0n) is 17.6. The number of amides is 1. The van der Waals surface area contributed by atoms with Gasteiger partial charge >= 0.3 is 0 Å². The number of benzene rings is 2. The Bertz CT molecular complexity index is 784. The van der Waals surface area contributed by atoms with Crippen molar-refractivity contribution in [3.8, 4) is 0 Å². The summed E-state index contributed by atoms with van der Waals surface area (Å²) in [7, 11) is 0. The van der Waals surface area contributed by atoms with Gasteiger partial charge in [-0.25, -0.2) is 0 Å². The van der Waals surface area contributed by atoms with Crippen LogP contribution in [0.5, 0.6) is 0 Å². The fourth-order valence-electron chi connectivity index (χ4n) is 4.65. The first-order chi connectivity index (χ1) is 14.1. The van der Waals surface area contributed by atoms with Gasteiger partial charge in [0.25, 0.3) is 0 Å². The monoisotopic (exact) mass is 379 g/mol. The van der Waals surface area contributed by atoms with Crippen molar-refractivity contribution in [2.24, 2.45) is 5.89 Å². The Balaban J connectivity index is 1.81. The highest BCUT2D eigenvalue weighted by molar-refractivity contribution is 5.94. The van der Waals surface area contributed by atoms with E-state index in [0.717, 1.165) is 44.0 Å². The van der Waals surface area contributed by atoms with Gasteiger partial charge in [0.1, 0.15) is 5.41 Å². The molecule has 1 amide bonds. The van der Waals surface area contributed by atoms with Crippen LogP contribution in [-0.4, -0.2) is 61.6 Å². The van der Waals surface area contributed by atoms with E-state index in [9.17, 15) is 6.17 Å². The average molecular weight is 380 g/mol. The molecule has 2 heterocycles. The number of nitrogens with zero attached hydrogens (tertiary/aromatic N) is 2. The Morgan fingerprint density at radius 2 is 1.61 bits per heavy atom. The summed E-state index contributed by atoms with van der Waals surface area (Å²) < 4.78 is 15.2. The molecular weight excluding hydrogens is 348 g/mol. The van der Waals surface area contributed by atoms with Gasteiger partial charge in [0.15, 0.2) is 0 Å². The fourth-order valence-corrected chi connectivity index (χ4v) is 4.65. The molecule has 0 aliphatic carbocycles. The van der Waals surface area contributed by atoms with E-state index in [-0.39, 0.29) is 5.91 Å². The molecule has 0 saturated carbocycles. The number of rotatable bonds is 6. The van der Waals surface area contributed by atoms with Crippen LogP contribution in [0.4, 0.5) is 0 Å². The molecule has 0 spiro atoms. The predicted octanol–water partition coefficient (Wildman–Crippen LogP) is 3.17. The van der Waals surface area contributed by atoms with E-state index >= 15 is 0 Å². The molecule has 0 aromatic heterocycles. The van der Waals surface area contributed by atoms with E-state index in [2.05, 4.69) is 4.90 Å². The number of carbonyl (C=O) groups excluding carboxylic acids is 1. The fraction of sp³-hybridized carbons (Fsp3) is 0.458. The number of carbonyl (C=O) groups is 1. The minimum absolute atomic E-state index is 0.0503. The van der Waals surface area contributed by atoms with Crippen LogP contribution in [0.1, 0.15) is 25.8 Å². The lowest BCUT2D eigenvalue weighted by Gasteiger charge is -2.36. The van der Waals surface area contributed by atoms with Gasteiger partial charge in [0.2, 0.25) is 5.91 Å². The van der Waals surface area contributed by atoms with Crippen LogP contribution in [0.2, 0.25) is 0 Å². The van der Waals surface area contributed by atoms with Crippen LogP contribution < -0.4 is 0 Å². The van der Waals surface area contributed by atoms with Crippen molar-refractivity contribution in [1.82, 2.24) is 9.80 Å². The number of likely N-dealkylation sites (tertiary alicyclic amines) is 1. The average Bonchev–Trinajstić information content (AvgIpc) is 3.02. The third kappa shape index (κ3) is 3.36. The highest BCUT2D eigenvalue weighted by Crippen LogP contribution is 2.47. The molecule has 2 aromatic carbocycles. The van der Waals surface area contributed by atoms with Crippen LogP contribution in [0, 0.1) is 5.89 Å². The number of likely N-dealkylation sites (N-methyl/N-ethyl adjacent to an activating group) is 1. The molecule has 2 aliphatic heterocycles. The third-order valence-corrected chi connectivity index (χ3v) is 6.15. The minimum atomic E-state index is -0.988. The number of morpholine rings is 1.